The number of hydrogen-bond donors (Lipinski definition) is 1. The Bertz CT molecular complexity index is 1300. The first kappa shape index (κ1) is 27.2. The van der Waals surface area contributed by atoms with Crippen molar-refractivity contribution in [3.63, 3.8) is 0 Å². The number of likely N-dealkylation sites (N-methyl/N-ethyl adjacent to an activating group) is 1. The van der Waals surface area contributed by atoms with Crippen LogP contribution in [0.3, 0.4) is 0 Å². The topological polar surface area (TPSA) is 96.0 Å². The second kappa shape index (κ2) is 12.0. The lowest BCUT2D eigenvalue weighted by atomic mass is 10.1. The maximum absolute atomic E-state index is 13.7. The summed E-state index contributed by atoms with van der Waals surface area (Å²) in [6, 6.07) is 20.9. The van der Waals surface area contributed by atoms with Crippen LogP contribution in [-0.4, -0.2) is 51.9 Å². The number of nitrogens with zero attached hydrogens (tertiary/aromatic N) is 2. The lowest BCUT2D eigenvalue weighted by Crippen LogP contribution is -2.50. The summed E-state index contributed by atoms with van der Waals surface area (Å²) in [5, 5.41) is 2.56. The highest BCUT2D eigenvalue weighted by Crippen LogP contribution is 2.27. The predicted octanol–water partition coefficient (Wildman–Crippen LogP) is 3.82. The van der Waals surface area contributed by atoms with E-state index in [2.05, 4.69) is 21.2 Å². The number of benzene rings is 3. The van der Waals surface area contributed by atoms with Gasteiger partial charge in [0.25, 0.3) is 10.0 Å². The van der Waals surface area contributed by atoms with Gasteiger partial charge >= 0.3 is 0 Å². The van der Waals surface area contributed by atoms with Crippen LogP contribution in [0.2, 0.25) is 0 Å². The van der Waals surface area contributed by atoms with Gasteiger partial charge in [0.1, 0.15) is 18.3 Å². The van der Waals surface area contributed by atoms with Crippen molar-refractivity contribution >= 4 is 43.5 Å². The molecular weight excluding hydrogens is 546 g/mol. The van der Waals surface area contributed by atoms with E-state index in [0.29, 0.717) is 15.9 Å². The van der Waals surface area contributed by atoms with Gasteiger partial charge in [-0.3, -0.25) is 13.9 Å². The molecule has 0 saturated heterocycles. The van der Waals surface area contributed by atoms with Crippen LogP contribution in [0.1, 0.15) is 12.5 Å². The van der Waals surface area contributed by atoms with E-state index in [1.165, 1.54) is 24.1 Å². The maximum Gasteiger partial charge on any atom is 0.264 e. The van der Waals surface area contributed by atoms with Gasteiger partial charge in [0.15, 0.2) is 0 Å². The third-order valence-corrected chi connectivity index (χ3v) is 7.91. The maximum atomic E-state index is 13.7. The second-order valence-electron chi connectivity index (χ2n) is 7.96. The number of nitrogens with one attached hydrogen (secondary N) is 1. The Balaban J connectivity index is 2.00. The highest BCUT2D eigenvalue weighted by molar-refractivity contribution is 9.10. The Labute approximate surface area is 220 Å². The van der Waals surface area contributed by atoms with E-state index in [1.54, 1.807) is 80.8 Å². The van der Waals surface area contributed by atoms with Crippen molar-refractivity contribution in [3.05, 3.63) is 88.9 Å². The average molecular weight is 574 g/mol. The summed E-state index contributed by atoms with van der Waals surface area (Å²) in [7, 11) is -1.04. The molecule has 0 bridgehead atoms. The SMILES string of the molecule is CNC(=O)[C@@H](C)N(Cc1ccc(OC)cc1)C(=O)CN(c1cccc(Br)c1)S(=O)(=O)c1ccccc1. The summed E-state index contributed by atoms with van der Waals surface area (Å²) in [5.74, 6) is -0.232. The van der Waals surface area contributed by atoms with Crippen LogP contribution in [0.25, 0.3) is 0 Å². The van der Waals surface area contributed by atoms with Crippen molar-refractivity contribution < 1.29 is 22.7 Å². The first-order valence-corrected chi connectivity index (χ1v) is 13.4. The number of carbonyl (C=O) groups is 2. The largest absolute Gasteiger partial charge is 0.497 e. The number of rotatable bonds is 10. The summed E-state index contributed by atoms with van der Waals surface area (Å²) in [6.45, 7) is 1.22. The zero-order chi connectivity index (χ0) is 26.3. The number of ether oxygens (including phenoxy) is 1. The van der Waals surface area contributed by atoms with Gasteiger partial charge in [-0.15, -0.1) is 0 Å². The fourth-order valence-electron chi connectivity index (χ4n) is 3.60. The Morgan fingerprint density at radius 1 is 1.00 bits per heavy atom. The first-order valence-electron chi connectivity index (χ1n) is 11.1. The van der Waals surface area contributed by atoms with Crippen molar-refractivity contribution in [1.29, 1.82) is 0 Å². The highest BCUT2D eigenvalue weighted by Gasteiger charge is 2.32. The molecule has 0 radical (unpaired) electrons. The molecule has 0 saturated carbocycles. The molecule has 3 aromatic rings. The van der Waals surface area contributed by atoms with Crippen molar-refractivity contribution in [2.75, 3.05) is 25.0 Å². The van der Waals surface area contributed by atoms with Crippen LogP contribution in [0.5, 0.6) is 5.75 Å². The minimum absolute atomic E-state index is 0.0545. The molecule has 0 aliphatic carbocycles. The summed E-state index contributed by atoms with van der Waals surface area (Å²) >= 11 is 3.38. The summed E-state index contributed by atoms with van der Waals surface area (Å²) in [4.78, 5) is 27.6. The van der Waals surface area contributed by atoms with Crippen molar-refractivity contribution in [2.45, 2.75) is 24.4 Å². The number of amides is 2. The lowest BCUT2D eigenvalue weighted by molar-refractivity contribution is -0.139. The van der Waals surface area contributed by atoms with E-state index in [9.17, 15) is 18.0 Å². The molecule has 1 atom stereocenters. The molecule has 0 aliphatic rings. The average Bonchev–Trinajstić information content (AvgIpc) is 2.90. The molecule has 0 spiro atoms. The van der Waals surface area contributed by atoms with Gasteiger partial charge in [0, 0.05) is 18.1 Å². The van der Waals surface area contributed by atoms with Crippen LogP contribution in [0, 0.1) is 0 Å². The molecule has 0 unspecified atom stereocenters. The van der Waals surface area contributed by atoms with Gasteiger partial charge in [0.2, 0.25) is 11.8 Å². The van der Waals surface area contributed by atoms with Crippen molar-refractivity contribution in [3.8, 4) is 5.75 Å². The molecule has 0 aliphatic heterocycles. The number of anilines is 1. The van der Waals surface area contributed by atoms with Crippen LogP contribution < -0.4 is 14.4 Å². The Morgan fingerprint density at radius 3 is 2.25 bits per heavy atom. The van der Waals surface area contributed by atoms with E-state index < -0.39 is 28.5 Å². The molecule has 10 heteroatoms. The number of carbonyl (C=O) groups excluding carboxylic acids is 2. The summed E-state index contributed by atoms with van der Waals surface area (Å²) < 4.78 is 34.2. The summed E-state index contributed by atoms with van der Waals surface area (Å²) in [5.41, 5.74) is 1.08. The van der Waals surface area contributed by atoms with Gasteiger partial charge < -0.3 is 15.0 Å². The third kappa shape index (κ3) is 6.44. The number of hydrogen-bond acceptors (Lipinski definition) is 5. The molecule has 0 fully saturated rings. The van der Waals surface area contributed by atoms with Crippen LogP contribution >= 0.6 is 15.9 Å². The molecule has 36 heavy (non-hydrogen) atoms. The third-order valence-electron chi connectivity index (χ3n) is 5.63. The molecule has 3 aromatic carbocycles. The van der Waals surface area contributed by atoms with Crippen molar-refractivity contribution in [2.24, 2.45) is 0 Å². The number of methoxy groups -OCH3 is 1. The molecule has 3 rings (SSSR count). The van der Waals surface area contributed by atoms with Crippen molar-refractivity contribution in [1.82, 2.24) is 10.2 Å². The molecule has 0 aromatic heterocycles. The minimum atomic E-state index is -4.08. The monoisotopic (exact) mass is 573 g/mol. The van der Waals surface area contributed by atoms with Crippen LogP contribution in [0.4, 0.5) is 5.69 Å². The zero-order valence-corrected chi connectivity index (χ0v) is 22.6. The quantitative estimate of drug-likeness (QED) is 0.398. The first-order chi connectivity index (χ1) is 17.2. The van der Waals surface area contributed by atoms with E-state index in [-0.39, 0.29) is 17.3 Å². The molecule has 8 nitrogen and oxygen atoms in total. The van der Waals surface area contributed by atoms with E-state index in [4.69, 9.17) is 4.74 Å². The fraction of sp³-hybridized carbons (Fsp3) is 0.231. The van der Waals surface area contributed by atoms with Crippen LogP contribution in [-0.2, 0) is 26.2 Å². The fourth-order valence-corrected chi connectivity index (χ4v) is 5.41. The number of halogens is 1. The molecule has 0 heterocycles. The molecule has 1 N–H and O–H groups in total. The van der Waals surface area contributed by atoms with Gasteiger partial charge in [-0.25, -0.2) is 8.42 Å². The predicted molar refractivity (Wildman–Crippen MR) is 142 cm³/mol. The highest BCUT2D eigenvalue weighted by atomic mass is 79.9. The normalized spacial score (nSPS) is 11.9. The molecular formula is C26H28BrN3O5S. The standard InChI is InChI=1S/C26H28BrN3O5S/c1-19(26(32)28-2)29(17-20-12-14-23(35-3)15-13-20)25(31)18-30(22-9-7-8-21(27)16-22)36(33,34)24-10-5-4-6-11-24/h4-16,19H,17-18H2,1-3H3,(H,28,32)/t19-/m1/s1. The van der Waals surface area contributed by atoms with Gasteiger partial charge in [-0.05, 0) is 55.0 Å². The molecule has 2 amide bonds. The lowest BCUT2D eigenvalue weighted by Gasteiger charge is -2.31. The van der Waals surface area contributed by atoms with Crippen LogP contribution in [0.15, 0.2) is 88.2 Å². The van der Waals surface area contributed by atoms with Gasteiger partial charge in [0.05, 0.1) is 17.7 Å². The number of sulfonamides is 1. The van der Waals surface area contributed by atoms with E-state index in [1.807, 2.05) is 0 Å². The van der Waals surface area contributed by atoms with E-state index >= 15 is 0 Å². The second-order valence-corrected chi connectivity index (χ2v) is 10.7. The Morgan fingerprint density at radius 2 is 1.67 bits per heavy atom. The van der Waals surface area contributed by atoms with Gasteiger partial charge in [-0.1, -0.05) is 52.3 Å². The summed E-state index contributed by atoms with van der Waals surface area (Å²) in [6.07, 6.45) is 0. The Kier molecular flexibility index (Phi) is 9.11. The zero-order valence-electron chi connectivity index (χ0n) is 20.2. The molecule has 190 valence electrons. The smallest absolute Gasteiger partial charge is 0.264 e. The Hall–Kier alpha value is -3.37. The minimum Gasteiger partial charge on any atom is -0.497 e. The van der Waals surface area contributed by atoms with Gasteiger partial charge in [-0.2, -0.15) is 0 Å². The van der Waals surface area contributed by atoms with E-state index in [0.717, 1.165) is 9.87 Å².